The number of halogens is 6. The number of nitrogens with one attached hydrogen (secondary N) is 3. The molecule has 3 aromatic carbocycles. The fourth-order valence-electron chi connectivity index (χ4n) is 4.41. The first-order valence-corrected chi connectivity index (χ1v) is 15.4. The van der Waals surface area contributed by atoms with Crippen molar-refractivity contribution in [2.75, 3.05) is 10.8 Å². The highest BCUT2D eigenvalue weighted by molar-refractivity contribution is 7.92. The number of H-pyrrole nitrogens is 1. The Kier molecular flexibility index (Phi) is 8.08. The number of rotatable bonds is 9. The maximum Gasteiger partial charge on any atom is 0.573 e. The molecular weight excluding hydrogens is 660 g/mol. The Labute approximate surface area is 250 Å². The molecule has 12 nitrogen and oxygen atoms in total. The molecule has 0 radical (unpaired) electrons. The van der Waals surface area contributed by atoms with E-state index in [-0.39, 0.29) is 29.0 Å². The molecule has 3 N–H and O–H groups in total. The second-order valence-electron chi connectivity index (χ2n) is 9.42. The van der Waals surface area contributed by atoms with Gasteiger partial charge in [0.1, 0.15) is 28.8 Å². The number of imidazole rings is 1. The number of hydrogen-bond donors (Lipinski definition) is 3. The van der Waals surface area contributed by atoms with Crippen molar-refractivity contribution in [2.45, 2.75) is 30.1 Å². The van der Waals surface area contributed by atoms with E-state index >= 15 is 0 Å². The van der Waals surface area contributed by atoms with E-state index in [2.05, 4.69) is 24.2 Å². The highest BCUT2D eigenvalue weighted by Crippen LogP contribution is 2.32. The van der Waals surface area contributed by atoms with Crippen molar-refractivity contribution in [2.24, 2.45) is 0 Å². The van der Waals surface area contributed by atoms with Gasteiger partial charge in [-0.1, -0.05) is 24.3 Å². The van der Waals surface area contributed by atoms with Crippen LogP contribution in [0.4, 0.5) is 32.0 Å². The quantitative estimate of drug-likeness (QED) is 0.225. The summed E-state index contributed by atoms with van der Waals surface area (Å²) < 4.78 is 141. The van der Waals surface area contributed by atoms with Crippen LogP contribution in [0, 0.1) is 0 Å². The second-order valence-corrected chi connectivity index (χ2v) is 12.7. The second kappa shape index (κ2) is 11.4. The van der Waals surface area contributed by atoms with Crippen molar-refractivity contribution in [3.05, 3.63) is 78.1 Å². The summed E-state index contributed by atoms with van der Waals surface area (Å²) in [5.41, 5.74) is 0.594. The minimum absolute atomic E-state index is 0.0171. The van der Waals surface area contributed by atoms with Gasteiger partial charge in [0.15, 0.2) is 0 Å². The zero-order chi connectivity index (χ0) is 32.8. The van der Waals surface area contributed by atoms with Crippen LogP contribution in [0.1, 0.15) is 17.4 Å². The normalized spacial score (nSPS) is 16.0. The average molecular weight is 680 g/mol. The van der Waals surface area contributed by atoms with E-state index in [0.29, 0.717) is 5.56 Å². The molecule has 20 heteroatoms. The number of carbonyl (C=O) groups is 1. The maximum absolute atomic E-state index is 13.4. The van der Waals surface area contributed by atoms with Crippen molar-refractivity contribution >= 4 is 42.9 Å². The third-order valence-electron chi connectivity index (χ3n) is 6.18. The SMILES string of the molecule is O=C1CN(c2ccc(C[C@H](NS(=O)(=O)c3ccccc3OC(F)(F)F)c3nc4ccc(OC(F)(F)F)cc4[nH]3)cc2)S(=O)(=O)N1. The number of para-hydroxylation sites is 1. The highest BCUT2D eigenvalue weighted by atomic mass is 32.2. The van der Waals surface area contributed by atoms with Gasteiger partial charge >= 0.3 is 22.9 Å². The van der Waals surface area contributed by atoms with E-state index in [9.17, 15) is 48.0 Å². The molecule has 5 rings (SSSR count). The molecule has 45 heavy (non-hydrogen) atoms. The summed E-state index contributed by atoms with van der Waals surface area (Å²) >= 11 is 0. The Bertz CT molecular complexity index is 1960. The van der Waals surface area contributed by atoms with Crippen LogP contribution in [-0.4, -0.2) is 52.0 Å². The van der Waals surface area contributed by atoms with Crippen LogP contribution >= 0.6 is 0 Å². The number of fused-ring (bicyclic) bond motifs is 1. The number of nitrogens with zero attached hydrogens (tertiary/aromatic N) is 2. The van der Waals surface area contributed by atoms with Gasteiger partial charge in [0.2, 0.25) is 10.0 Å². The predicted octanol–water partition coefficient (Wildman–Crippen LogP) is 3.80. The first kappa shape index (κ1) is 31.9. The summed E-state index contributed by atoms with van der Waals surface area (Å²) in [4.78, 5) is 17.7. The van der Waals surface area contributed by atoms with Gasteiger partial charge in [-0.2, -0.15) is 8.42 Å². The monoisotopic (exact) mass is 679 g/mol. The number of aromatic nitrogens is 2. The Hall–Kier alpha value is -4.56. The molecule has 1 aliphatic heterocycles. The lowest BCUT2D eigenvalue weighted by atomic mass is 10.1. The first-order valence-electron chi connectivity index (χ1n) is 12.4. The average Bonchev–Trinajstić information content (AvgIpc) is 3.45. The van der Waals surface area contributed by atoms with Crippen molar-refractivity contribution in [3.8, 4) is 11.5 Å². The Balaban J connectivity index is 1.51. The smallest absolute Gasteiger partial charge is 0.406 e. The fraction of sp³-hybridized carbons (Fsp3) is 0.200. The maximum atomic E-state index is 13.4. The minimum Gasteiger partial charge on any atom is -0.406 e. The molecule has 0 spiro atoms. The molecule has 0 saturated carbocycles. The van der Waals surface area contributed by atoms with Gasteiger partial charge in [0, 0.05) is 6.07 Å². The largest absolute Gasteiger partial charge is 0.573 e. The number of sulfonamides is 1. The summed E-state index contributed by atoms with van der Waals surface area (Å²) in [6.45, 7) is -0.470. The van der Waals surface area contributed by atoms with Crippen LogP contribution in [0.5, 0.6) is 11.5 Å². The molecule has 240 valence electrons. The number of benzene rings is 3. The Morgan fingerprint density at radius 3 is 2.24 bits per heavy atom. The van der Waals surface area contributed by atoms with Crippen LogP contribution in [0.15, 0.2) is 71.6 Å². The molecule has 0 aliphatic carbocycles. The molecular formula is C25H19F6N5O7S2. The van der Waals surface area contributed by atoms with Crippen molar-refractivity contribution in [3.63, 3.8) is 0 Å². The van der Waals surface area contributed by atoms with Crippen molar-refractivity contribution in [1.82, 2.24) is 19.4 Å². The van der Waals surface area contributed by atoms with Crippen LogP contribution in [0.25, 0.3) is 11.0 Å². The van der Waals surface area contributed by atoms with E-state index in [0.717, 1.165) is 34.6 Å². The lowest BCUT2D eigenvalue weighted by Gasteiger charge is -2.20. The summed E-state index contributed by atoms with van der Waals surface area (Å²) in [5.74, 6) is -2.50. The molecule has 2 heterocycles. The van der Waals surface area contributed by atoms with Crippen LogP contribution < -0.4 is 23.2 Å². The van der Waals surface area contributed by atoms with Crippen LogP contribution in [0.3, 0.4) is 0 Å². The van der Waals surface area contributed by atoms with Gasteiger partial charge in [0.05, 0.1) is 22.8 Å². The molecule has 1 saturated heterocycles. The van der Waals surface area contributed by atoms with Gasteiger partial charge in [-0.3, -0.25) is 4.79 Å². The van der Waals surface area contributed by atoms with E-state index in [1.54, 1.807) is 0 Å². The molecule has 1 amide bonds. The van der Waals surface area contributed by atoms with Crippen molar-refractivity contribution in [1.29, 1.82) is 0 Å². The van der Waals surface area contributed by atoms with E-state index in [4.69, 9.17) is 0 Å². The van der Waals surface area contributed by atoms with E-state index in [1.807, 2.05) is 4.72 Å². The topological polar surface area (TPSA) is 160 Å². The third kappa shape index (κ3) is 7.57. The van der Waals surface area contributed by atoms with Gasteiger partial charge in [-0.15, -0.1) is 26.3 Å². The molecule has 1 aliphatic rings. The highest BCUT2D eigenvalue weighted by Gasteiger charge is 2.36. The molecule has 0 bridgehead atoms. The first-order chi connectivity index (χ1) is 20.9. The lowest BCUT2D eigenvalue weighted by Crippen LogP contribution is -2.32. The zero-order valence-electron chi connectivity index (χ0n) is 22.2. The standard InChI is InChI=1S/C25H19F6N5O7S2/c26-24(27,28)42-16-9-10-17-18(12-16)33-23(32-17)19(34-44(38,39)21-4-2-1-3-20(21)43-25(29,30)31)11-14-5-7-15(8-6-14)36-13-22(37)35-45(36,40)41/h1-10,12,19,34H,11,13H2,(H,32,33)(H,35,37)/t19-/m0/s1. The van der Waals surface area contributed by atoms with Gasteiger partial charge in [-0.05, 0) is 48.4 Å². The molecule has 4 aromatic rings. The summed E-state index contributed by atoms with van der Waals surface area (Å²) in [7, 11) is -8.90. The number of amides is 1. The molecule has 0 unspecified atom stereocenters. The predicted molar refractivity (Wildman–Crippen MR) is 144 cm³/mol. The number of carbonyl (C=O) groups excluding carboxylic acids is 1. The molecule has 1 fully saturated rings. The number of alkyl halides is 6. The molecule has 1 atom stereocenters. The lowest BCUT2D eigenvalue weighted by molar-refractivity contribution is -0.276. The van der Waals surface area contributed by atoms with Crippen molar-refractivity contribution < 1.29 is 57.4 Å². The third-order valence-corrected chi connectivity index (χ3v) is 9.10. The Morgan fingerprint density at radius 1 is 0.956 bits per heavy atom. The zero-order valence-corrected chi connectivity index (χ0v) is 23.8. The summed E-state index contributed by atoms with van der Waals surface area (Å²) in [5, 5.41) is 0. The van der Waals surface area contributed by atoms with Crippen LogP contribution in [0.2, 0.25) is 0 Å². The molecule has 1 aromatic heterocycles. The Morgan fingerprint density at radius 2 is 1.62 bits per heavy atom. The minimum atomic E-state index is -5.22. The summed E-state index contributed by atoms with van der Waals surface area (Å²) in [6.07, 6.45) is -10.5. The number of aromatic amines is 1. The number of ether oxygens (including phenoxy) is 2. The number of anilines is 1. The van der Waals surface area contributed by atoms with Gasteiger partial charge in [0.25, 0.3) is 5.91 Å². The summed E-state index contributed by atoms with van der Waals surface area (Å²) in [6, 6.07) is 11.2. The van der Waals surface area contributed by atoms with Crippen LogP contribution in [-0.2, 0) is 31.4 Å². The fourth-order valence-corrected chi connectivity index (χ4v) is 6.89. The van der Waals surface area contributed by atoms with Gasteiger partial charge in [-0.25, -0.2) is 27.2 Å². The van der Waals surface area contributed by atoms with Gasteiger partial charge < -0.3 is 14.5 Å². The van der Waals surface area contributed by atoms with E-state index < -0.39 is 67.8 Å². The number of hydrogen-bond acceptors (Lipinski definition) is 8. The van der Waals surface area contributed by atoms with E-state index in [1.165, 1.54) is 36.4 Å².